The van der Waals surface area contributed by atoms with Gasteiger partial charge in [-0.25, -0.2) is 4.39 Å². The second-order valence-electron chi connectivity index (χ2n) is 3.40. The van der Waals surface area contributed by atoms with Crippen LogP contribution in [0.4, 0.5) is 4.39 Å². The number of carbonyl (C=O) groups excluding carboxylic acids is 1. The molecule has 0 radical (unpaired) electrons. The van der Waals surface area contributed by atoms with Crippen molar-refractivity contribution in [2.24, 2.45) is 0 Å². The van der Waals surface area contributed by atoms with Crippen LogP contribution in [0.3, 0.4) is 0 Å². The van der Waals surface area contributed by atoms with Gasteiger partial charge in [0.2, 0.25) is 0 Å². The van der Waals surface area contributed by atoms with Crippen LogP contribution in [-0.4, -0.2) is 36.1 Å². The van der Waals surface area contributed by atoms with E-state index < -0.39 is 11.7 Å². The standard InChI is InChI=1S/C11H13BrFNO3/c1-17-6-7(12)5-14-11(16)10-8(13)3-2-4-9(10)15/h2-4,7,15H,5-6H2,1H3,(H,14,16). The molecule has 0 spiro atoms. The molecule has 0 saturated carbocycles. The van der Waals surface area contributed by atoms with Crippen molar-refractivity contribution in [2.45, 2.75) is 4.83 Å². The predicted molar refractivity (Wildman–Crippen MR) is 65.0 cm³/mol. The monoisotopic (exact) mass is 305 g/mol. The largest absolute Gasteiger partial charge is 0.507 e. The maximum atomic E-state index is 13.3. The molecule has 1 aromatic rings. The third kappa shape index (κ3) is 3.98. The van der Waals surface area contributed by atoms with Crippen LogP contribution in [0.1, 0.15) is 10.4 Å². The van der Waals surface area contributed by atoms with E-state index in [0.29, 0.717) is 6.61 Å². The fourth-order valence-electron chi connectivity index (χ4n) is 1.27. The van der Waals surface area contributed by atoms with E-state index >= 15 is 0 Å². The molecule has 94 valence electrons. The minimum absolute atomic E-state index is 0.0645. The van der Waals surface area contributed by atoms with Gasteiger partial charge in [-0.2, -0.15) is 0 Å². The van der Waals surface area contributed by atoms with E-state index in [2.05, 4.69) is 21.2 Å². The second-order valence-corrected chi connectivity index (χ2v) is 4.69. The molecular formula is C11H13BrFNO3. The first-order chi connectivity index (χ1) is 8.06. The highest BCUT2D eigenvalue weighted by Gasteiger charge is 2.16. The highest BCUT2D eigenvalue weighted by atomic mass is 79.9. The van der Waals surface area contributed by atoms with Gasteiger partial charge in [0.15, 0.2) is 0 Å². The lowest BCUT2D eigenvalue weighted by Gasteiger charge is -2.11. The van der Waals surface area contributed by atoms with Gasteiger partial charge in [0.05, 0.1) is 11.4 Å². The second kappa shape index (κ2) is 6.56. The summed E-state index contributed by atoms with van der Waals surface area (Å²) in [6, 6.07) is 3.72. The normalized spacial score (nSPS) is 12.2. The Balaban J connectivity index is 2.64. The molecule has 0 fully saturated rings. The first-order valence-electron chi connectivity index (χ1n) is 4.95. The van der Waals surface area contributed by atoms with Gasteiger partial charge < -0.3 is 15.2 Å². The lowest BCUT2D eigenvalue weighted by atomic mass is 10.1. The number of benzene rings is 1. The van der Waals surface area contributed by atoms with Crippen molar-refractivity contribution in [1.29, 1.82) is 0 Å². The first kappa shape index (κ1) is 13.9. The van der Waals surface area contributed by atoms with Crippen LogP contribution >= 0.6 is 15.9 Å². The summed E-state index contributed by atoms with van der Waals surface area (Å²) in [4.78, 5) is 11.6. The number of aromatic hydroxyl groups is 1. The molecule has 1 amide bonds. The topological polar surface area (TPSA) is 58.6 Å². The Kier molecular flexibility index (Phi) is 5.37. The van der Waals surface area contributed by atoms with Crippen LogP contribution in [-0.2, 0) is 4.74 Å². The molecule has 0 aliphatic rings. The number of halogens is 2. The number of hydrogen-bond donors (Lipinski definition) is 2. The maximum absolute atomic E-state index is 13.3. The summed E-state index contributed by atoms with van der Waals surface area (Å²) in [7, 11) is 1.54. The minimum Gasteiger partial charge on any atom is -0.507 e. The van der Waals surface area contributed by atoms with Crippen molar-refractivity contribution in [3.8, 4) is 5.75 Å². The number of amides is 1. The SMILES string of the molecule is COCC(Br)CNC(=O)c1c(O)cccc1F. The molecule has 0 heterocycles. The first-order valence-corrected chi connectivity index (χ1v) is 5.86. The lowest BCUT2D eigenvalue weighted by Crippen LogP contribution is -2.32. The number of methoxy groups -OCH3 is 1. The minimum atomic E-state index is -0.750. The summed E-state index contributed by atoms with van der Waals surface area (Å²) in [5.74, 6) is -1.78. The zero-order chi connectivity index (χ0) is 12.8. The number of alkyl halides is 1. The summed E-state index contributed by atoms with van der Waals surface area (Å²) >= 11 is 3.28. The number of nitrogens with one attached hydrogen (secondary N) is 1. The number of hydrogen-bond acceptors (Lipinski definition) is 3. The fraction of sp³-hybridized carbons (Fsp3) is 0.364. The van der Waals surface area contributed by atoms with Crippen molar-refractivity contribution in [3.05, 3.63) is 29.6 Å². The Bertz CT molecular complexity index is 380. The molecule has 1 atom stereocenters. The predicted octanol–water partition coefficient (Wildman–Crippen LogP) is 1.67. The molecule has 0 bridgehead atoms. The number of rotatable bonds is 5. The molecule has 1 aromatic carbocycles. The highest BCUT2D eigenvalue weighted by molar-refractivity contribution is 9.09. The molecule has 0 aromatic heterocycles. The van der Waals surface area contributed by atoms with E-state index in [1.807, 2.05) is 0 Å². The van der Waals surface area contributed by atoms with Gasteiger partial charge in [-0.15, -0.1) is 0 Å². The van der Waals surface area contributed by atoms with Crippen LogP contribution < -0.4 is 5.32 Å². The zero-order valence-electron chi connectivity index (χ0n) is 9.24. The Labute approximate surface area is 107 Å². The fourth-order valence-corrected chi connectivity index (χ4v) is 1.70. The Morgan fingerprint density at radius 2 is 2.35 bits per heavy atom. The molecular weight excluding hydrogens is 293 g/mol. The lowest BCUT2D eigenvalue weighted by molar-refractivity contribution is 0.0943. The highest BCUT2D eigenvalue weighted by Crippen LogP contribution is 2.19. The van der Waals surface area contributed by atoms with Crippen molar-refractivity contribution in [1.82, 2.24) is 5.32 Å². The molecule has 1 unspecified atom stereocenters. The third-order valence-electron chi connectivity index (χ3n) is 2.05. The molecule has 4 nitrogen and oxygen atoms in total. The van der Waals surface area contributed by atoms with Crippen LogP contribution in [0.15, 0.2) is 18.2 Å². The smallest absolute Gasteiger partial charge is 0.258 e. The van der Waals surface area contributed by atoms with E-state index in [9.17, 15) is 14.3 Å². The number of carbonyl (C=O) groups is 1. The van der Waals surface area contributed by atoms with E-state index in [1.54, 1.807) is 7.11 Å². The van der Waals surface area contributed by atoms with Gasteiger partial charge in [0, 0.05) is 13.7 Å². The quantitative estimate of drug-likeness (QED) is 0.814. The van der Waals surface area contributed by atoms with Gasteiger partial charge in [0.25, 0.3) is 5.91 Å². The van der Waals surface area contributed by atoms with Crippen molar-refractivity contribution >= 4 is 21.8 Å². The average Bonchev–Trinajstić information content (AvgIpc) is 2.26. The van der Waals surface area contributed by atoms with Gasteiger partial charge >= 0.3 is 0 Å². The summed E-state index contributed by atoms with van der Waals surface area (Å²) in [6.45, 7) is 0.698. The molecule has 0 aliphatic carbocycles. The van der Waals surface area contributed by atoms with Crippen LogP contribution in [0.25, 0.3) is 0 Å². The average molecular weight is 306 g/mol. The summed E-state index contributed by atoms with van der Waals surface area (Å²) in [5, 5.41) is 11.9. The van der Waals surface area contributed by atoms with Crippen molar-refractivity contribution in [3.63, 3.8) is 0 Å². The molecule has 2 N–H and O–H groups in total. The van der Waals surface area contributed by atoms with Gasteiger partial charge in [0.1, 0.15) is 17.1 Å². The van der Waals surface area contributed by atoms with Gasteiger partial charge in [-0.1, -0.05) is 22.0 Å². The van der Waals surface area contributed by atoms with E-state index in [-0.39, 0.29) is 22.7 Å². The Morgan fingerprint density at radius 1 is 1.65 bits per heavy atom. The Hall–Kier alpha value is -1.14. The molecule has 0 saturated heterocycles. The summed E-state index contributed by atoms with van der Waals surface area (Å²) in [6.07, 6.45) is 0. The number of phenols is 1. The Morgan fingerprint density at radius 3 is 2.94 bits per heavy atom. The number of phenolic OH excluding ortho intramolecular Hbond substituents is 1. The van der Waals surface area contributed by atoms with Crippen LogP contribution in [0.2, 0.25) is 0 Å². The zero-order valence-corrected chi connectivity index (χ0v) is 10.8. The van der Waals surface area contributed by atoms with Crippen LogP contribution in [0, 0.1) is 5.82 Å². The van der Waals surface area contributed by atoms with Crippen molar-refractivity contribution in [2.75, 3.05) is 20.3 Å². The molecule has 17 heavy (non-hydrogen) atoms. The van der Waals surface area contributed by atoms with Crippen molar-refractivity contribution < 1.29 is 19.0 Å². The number of ether oxygens (including phenoxy) is 1. The third-order valence-corrected chi connectivity index (χ3v) is 2.64. The summed E-state index contributed by atoms with van der Waals surface area (Å²) < 4.78 is 18.2. The van der Waals surface area contributed by atoms with Crippen LogP contribution in [0.5, 0.6) is 5.75 Å². The van der Waals surface area contributed by atoms with E-state index in [0.717, 1.165) is 6.07 Å². The van der Waals surface area contributed by atoms with Gasteiger partial charge in [-0.05, 0) is 12.1 Å². The van der Waals surface area contributed by atoms with E-state index in [1.165, 1.54) is 12.1 Å². The molecule has 6 heteroatoms. The summed E-state index contributed by atoms with van der Waals surface area (Å²) in [5.41, 5.74) is -0.343. The molecule has 0 aliphatic heterocycles. The maximum Gasteiger partial charge on any atom is 0.258 e. The molecule has 1 rings (SSSR count). The van der Waals surface area contributed by atoms with E-state index in [4.69, 9.17) is 4.74 Å². The van der Waals surface area contributed by atoms with Gasteiger partial charge in [-0.3, -0.25) is 4.79 Å².